The van der Waals surface area contributed by atoms with Crippen molar-refractivity contribution in [2.75, 3.05) is 10.7 Å². The molecule has 25 heavy (non-hydrogen) atoms. The van der Waals surface area contributed by atoms with E-state index in [2.05, 4.69) is 15.7 Å². The molecule has 4 N–H and O–H groups in total. The van der Waals surface area contributed by atoms with Crippen molar-refractivity contribution >= 4 is 51.4 Å². The molecular weight excluding hydrogens is 359 g/mol. The number of nitrogens with zero attached hydrogens (tertiary/aromatic N) is 1. The third-order valence-corrected chi connectivity index (χ3v) is 4.76. The third kappa shape index (κ3) is 3.14. The van der Waals surface area contributed by atoms with Gasteiger partial charge in [0.05, 0.1) is 32.5 Å². The van der Waals surface area contributed by atoms with Gasteiger partial charge in [-0.3, -0.25) is 15.6 Å². The summed E-state index contributed by atoms with van der Waals surface area (Å²) in [6, 6.07) is 8.58. The van der Waals surface area contributed by atoms with Crippen molar-refractivity contribution in [3.63, 3.8) is 0 Å². The number of amides is 1. The molecule has 1 amide bonds. The molecule has 3 aromatic rings. The van der Waals surface area contributed by atoms with Gasteiger partial charge in [-0.2, -0.15) is 0 Å². The lowest BCUT2D eigenvalue weighted by Crippen LogP contribution is -2.15. The summed E-state index contributed by atoms with van der Waals surface area (Å²) >= 11 is 12.3. The zero-order chi connectivity index (χ0) is 18.1. The molecule has 1 aromatic heterocycles. The molecule has 0 saturated carbocycles. The van der Waals surface area contributed by atoms with Crippen LogP contribution >= 0.6 is 23.2 Å². The zero-order valence-electron chi connectivity index (χ0n) is 13.7. The number of fused-ring (bicyclic) bond motifs is 1. The van der Waals surface area contributed by atoms with E-state index < -0.39 is 5.91 Å². The van der Waals surface area contributed by atoms with Crippen LogP contribution in [0.15, 0.2) is 36.5 Å². The number of aryl methyl sites for hydroxylation is 2. The summed E-state index contributed by atoms with van der Waals surface area (Å²) in [5.74, 6) is 5.22. The predicted molar refractivity (Wildman–Crippen MR) is 103 cm³/mol. The van der Waals surface area contributed by atoms with Crippen LogP contribution in [0.3, 0.4) is 0 Å². The van der Waals surface area contributed by atoms with Crippen LogP contribution in [0.5, 0.6) is 0 Å². The molecule has 0 unspecified atom stereocenters. The van der Waals surface area contributed by atoms with Gasteiger partial charge in [0.15, 0.2) is 0 Å². The minimum absolute atomic E-state index is 0.227. The fourth-order valence-corrected chi connectivity index (χ4v) is 3.32. The number of rotatable bonds is 3. The van der Waals surface area contributed by atoms with Gasteiger partial charge in [0.2, 0.25) is 0 Å². The normalized spacial score (nSPS) is 10.8. The molecule has 1 heterocycles. The Hall–Kier alpha value is -2.34. The van der Waals surface area contributed by atoms with Crippen molar-refractivity contribution in [1.82, 2.24) is 4.98 Å². The number of halogens is 2. The van der Waals surface area contributed by atoms with Crippen LogP contribution < -0.4 is 16.6 Å². The first-order chi connectivity index (χ1) is 11.9. The van der Waals surface area contributed by atoms with Crippen molar-refractivity contribution in [1.29, 1.82) is 0 Å². The summed E-state index contributed by atoms with van der Waals surface area (Å²) in [5.41, 5.74) is 6.86. The van der Waals surface area contributed by atoms with E-state index in [1.807, 2.05) is 19.9 Å². The Morgan fingerprint density at radius 2 is 1.80 bits per heavy atom. The number of carbonyl (C=O) groups excluding carboxylic acids is 1. The molecule has 5 nitrogen and oxygen atoms in total. The molecule has 0 fully saturated rings. The summed E-state index contributed by atoms with van der Waals surface area (Å²) in [7, 11) is 0. The van der Waals surface area contributed by atoms with Crippen LogP contribution in [0.1, 0.15) is 21.5 Å². The summed E-state index contributed by atoms with van der Waals surface area (Å²) in [5, 5.41) is 4.29. The Labute approximate surface area is 155 Å². The van der Waals surface area contributed by atoms with E-state index in [-0.39, 0.29) is 15.6 Å². The molecule has 7 heteroatoms. The predicted octanol–water partition coefficient (Wildman–Crippen LogP) is 4.70. The quantitative estimate of drug-likeness (QED) is 0.458. The summed E-state index contributed by atoms with van der Waals surface area (Å²) in [4.78, 5) is 17.1. The van der Waals surface area contributed by atoms with Gasteiger partial charge in [-0.1, -0.05) is 29.3 Å². The maximum absolute atomic E-state index is 12.7. The second-order valence-electron chi connectivity index (χ2n) is 5.64. The van der Waals surface area contributed by atoms with Gasteiger partial charge < -0.3 is 10.7 Å². The molecule has 0 bridgehead atoms. The number of anilines is 2. The lowest BCUT2D eigenvalue weighted by atomic mass is 10.0. The molecule has 0 aliphatic carbocycles. The maximum Gasteiger partial charge on any atom is 0.258 e. The van der Waals surface area contributed by atoms with Crippen LogP contribution in [-0.4, -0.2) is 10.9 Å². The molecule has 0 radical (unpaired) electrons. The second-order valence-corrected chi connectivity index (χ2v) is 6.46. The fourth-order valence-electron chi connectivity index (χ4n) is 2.75. The summed E-state index contributed by atoms with van der Waals surface area (Å²) in [6.45, 7) is 3.94. The molecule has 128 valence electrons. The molecule has 0 saturated heterocycles. The van der Waals surface area contributed by atoms with E-state index in [4.69, 9.17) is 29.0 Å². The molecule has 0 aliphatic heterocycles. The van der Waals surface area contributed by atoms with E-state index in [0.29, 0.717) is 11.2 Å². The molecule has 0 aliphatic rings. The van der Waals surface area contributed by atoms with Gasteiger partial charge in [0, 0.05) is 11.6 Å². The fraction of sp³-hybridized carbons (Fsp3) is 0.111. The smallest absolute Gasteiger partial charge is 0.258 e. The summed E-state index contributed by atoms with van der Waals surface area (Å²) < 4.78 is 0. The number of pyridine rings is 1. The topological polar surface area (TPSA) is 80.0 Å². The Kier molecular flexibility index (Phi) is 4.81. The van der Waals surface area contributed by atoms with Gasteiger partial charge in [-0.15, -0.1) is 0 Å². The van der Waals surface area contributed by atoms with E-state index in [9.17, 15) is 4.79 Å². The third-order valence-electron chi connectivity index (χ3n) is 4.13. The summed E-state index contributed by atoms with van der Waals surface area (Å²) in [6.07, 6.45) is 1.63. The van der Waals surface area contributed by atoms with Gasteiger partial charge in [0.1, 0.15) is 0 Å². The largest absolute Gasteiger partial charge is 0.323 e. The van der Waals surface area contributed by atoms with Crippen molar-refractivity contribution < 1.29 is 4.79 Å². The number of benzene rings is 2. The number of nitrogens with two attached hydrogens (primary N) is 1. The number of nitrogens with one attached hydrogen (secondary N) is 2. The first-order valence-electron chi connectivity index (χ1n) is 7.55. The highest BCUT2D eigenvalue weighted by atomic mass is 35.5. The van der Waals surface area contributed by atoms with Crippen LogP contribution in [0.2, 0.25) is 10.0 Å². The molecule has 0 spiro atoms. The molecule has 0 atom stereocenters. The minimum atomic E-state index is -0.395. The monoisotopic (exact) mass is 374 g/mol. The van der Waals surface area contributed by atoms with E-state index >= 15 is 0 Å². The van der Waals surface area contributed by atoms with E-state index in [1.54, 1.807) is 30.5 Å². The second kappa shape index (κ2) is 6.88. The van der Waals surface area contributed by atoms with Crippen LogP contribution in [0.4, 0.5) is 11.4 Å². The Bertz CT molecular complexity index is 968. The SMILES string of the molecule is Cc1cc(NC(=O)c2c(Cl)cccc2Cl)c2nccc(NN)c2c1C. The van der Waals surface area contributed by atoms with Crippen LogP contribution in [0, 0.1) is 13.8 Å². The van der Waals surface area contributed by atoms with Gasteiger partial charge in [-0.05, 0) is 49.2 Å². The van der Waals surface area contributed by atoms with Crippen molar-refractivity contribution in [3.05, 3.63) is 63.3 Å². The highest BCUT2D eigenvalue weighted by Gasteiger charge is 2.18. The minimum Gasteiger partial charge on any atom is -0.323 e. The van der Waals surface area contributed by atoms with Gasteiger partial charge >= 0.3 is 0 Å². The van der Waals surface area contributed by atoms with Crippen molar-refractivity contribution in [2.24, 2.45) is 5.84 Å². The Balaban J connectivity index is 2.14. The van der Waals surface area contributed by atoms with Gasteiger partial charge in [-0.25, -0.2) is 0 Å². The maximum atomic E-state index is 12.7. The number of aromatic nitrogens is 1. The van der Waals surface area contributed by atoms with Crippen LogP contribution in [0.25, 0.3) is 10.9 Å². The lowest BCUT2D eigenvalue weighted by Gasteiger charge is -2.15. The number of nitrogen functional groups attached to an aromatic ring is 1. The standard InChI is InChI=1S/C18H16Cl2N4O/c1-9-8-14(17-15(10(9)2)13(24-21)6-7-22-17)23-18(25)16-11(19)4-3-5-12(16)20/h3-8H,21H2,1-2H3,(H,22,24)(H,23,25). The van der Waals surface area contributed by atoms with E-state index in [0.717, 1.165) is 22.2 Å². The van der Waals surface area contributed by atoms with E-state index in [1.165, 1.54) is 0 Å². The highest BCUT2D eigenvalue weighted by molar-refractivity contribution is 6.40. The average molecular weight is 375 g/mol. The van der Waals surface area contributed by atoms with Crippen molar-refractivity contribution in [2.45, 2.75) is 13.8 Å². The molecule has 2 aromatic carbocycles. The van der Waals surface area contributed by atoms with Crippen LogP contribution in [-0.2, 0) is 0 Å². The Morgan fingerprint density at radius 3 is 2.44 bits per heavy atom. The van der Waals surface area contributed by atoms with Gasteiger partial charge in [0.25, 0.3) is 5.91 Å². The molecular formula is C18H16Cl2N4O. The highest BCUT2D eigenvalue weighted by Crippen LogP contribution is 2.33. The first-order valence-corrected chi connectivity index (χ1v) is 8.30. The number of carbonyl (C=O) groups is 1. The lowest BCUT2D eigenvalue weighted by molar-refractivity contribution is 0.102. The number of hydrogen-bond donors (Lipinski definition) is 3. The number of hydrazine groups is 1. The zero-order valence-corrected chi connectivity index (χ0v) is 15.2. The number of hydrogen-bond acceptors (Lipinski definition) is 4. The average Bonchev–Trinajstić information content (AvgIpc) is 2.58. The molecule has 3 rings (SSSR count). The Morgan fingerprint density at radius 1 is 1.12 bits per heavy atom. The first kappa shape index (κ1) is 17.5. The van der Waals surface area contributed by atoms with Crippen molar-refractivity contribution in [3.8, 4) is 0 Å².